The van der Waals surface area contributed by atoms with Crippen molar-refractivity contribution < 1.29 is 4.42 Å². The molecule has 0 saturated heterocycles. The van der Waals surface area contributed by atoms with E-state index in [1.54, 1.807) is 0 Å². The van der Waals surface area contributed by atoms with Gasteiger partial charge in [0, 0.05) is 33.2 Å². The van der Waals surface area contributed by atoms with Gasteiger partial charge in [0.25, 0.3) is 0 Å². The molecule has 10 aromatic rings. The Labute approximate surface area is 332 Å². The van der Waals surface area contributed by atoms with Gasteiger partial charge in [0.1, 0.15) is 11.2 Å². The lowest BCUT2D eigenvalue weighted by molar-refractivity contribution is 0.662. The summed E-state index contributed by atoms with van der Waals surface area (Å²) in [4.78, 5) is 2.38. The monoisotopic (exact) mass is 729 g/mol. The molecule has 0 amide bonds. The second kappa shape index (κ2) is 13.0. The molecule has 0 unspecified atom stereocenters. The van der Waals surface area contributed by atoms with Crippen molar-refractivity contribution in [1.82, 2.24) is 0 Å². The number of hydrogen-bond acceptors (Lipinski definition) is 2. The van der Waals surface area contributed by atoms with Gasteiger partial charge in [0.15, 0.2) is 0 Å². The van der Waals surface area contributed by atoms with Crippen molar-refractivity contribution in [3.05, 3.63) is 211 Å². The smallest absolute Gasteiger partial charge is 0.135 e. The van der Waals surface area contributed by atoms with Gasteiger partial charge in [-0.25, -0.2) is 0 Å². The van der Waals surface area contributed by atoms with Crippen LogP contribution in [0.15, 0.2) is 205 Å². The van der Waals surface area contributed by atoms with Gasteiger partial charge in [-0.2, -0.15) is 0 Å². The van der Waals surface area contributed by atoms with Gasteiger partial charge >= 0.3 is 0 Å². The van der Waals surface area contributed by atoms with Gasteiger partial charge in [-0.15, -0.1) is 0 Å². The van der Waals surface area contributed by atoms with Crippen LogP contribution in [-0.4, -0.2) is 0 Å². The molecule has 0 spiro atoms. The lowest BCUT2D eigenvalue weighted by Gasteiger charge is -2.27. The van der Waals surface area contributed by atoms with E-state index in [4.69, 9.17) is 4.42 Å². The van der Waals surface area contributed by atoms with Crippen LogP contribution in [0.1, 0.15) is 25.0 Å². The quantitative estimate of drug-likeness (QED) is 0.169. The number of nitrogens with zero attached hydrogens (tertiary/aromatic N) is 1. The molecule has 0 N–H and O–H groups in total. The van der Waals surface area contributed by atoms with Crippen LogP contribution in [0.2, 0.25) is 0 Å². The number of rotatable bonds is 6. The average Bonchev–Trinajstić information content (AvgIpc) is 3.76. The van der Waals surface area contributed by atoms with E-state index in [0.29, 0.717) is 0 Å². The zero-order valence-electron chi connectivity index (χ0n) is 31.9. The lowest BCUT2D eigenvalue weighted by Crippen LogP contribution is -2.16. The fourth-order valence-electron chi connectivity index (χ4n) is 9.23. The molecule has 2 heteroatoms. The minimum atomic E-state index is -0.0899. The molecule has 57 heavy (non-hydrogen) atoms. The highest BCUT2D eigenvalue weighted by molar-refractivity contribution is 6.06. The maximum absolute atomic E-state index is 6.13. The normalized spacial score (nSPS) is 12.9. The molecule has 11 rings (SSSR count). The summed E-state index contributed by atoms with van der Waals surface area (Å²) in [5, 5.41) is 4.76. The van der Waals surface area contributed by atoms with Gasteiger partial charge in [0.2, 0.25) is 0 Å². The fourth-order valence-corrected chi connectivity index (χ4v) is 9.23. The van der Waals surface area contributed by atoms with Crippen LogP contribution in [-0.2, 0) is 5.41 Å². The molecule has 0 saturated carbocycles. The van der Waals surface area contributed by atoms with Crippen LogP contribution in [0.3, 0.4) is 0 Å². The van der Waals surface area contributed by atoms with E-state index in [1.165, 1.54) is 55.3 Å². The van der Waals surface area contributed by atoms with Crippen molar-refractivity contribution in [1.29, 1.82) is 0 Å². The number of anilines is 3. The van der Waals surface area contributed by atoms with Gasteiger partial charge < -0.3 is 9.32 Å². The lowest BCUT2D eigenvalue weighted by atomic mass is 9.79. The summed E-state index contributed by atoms with van der Waals surface area (Å²) >= 11 is 0. The molecule has 0 aliphatic heterocycles. The Kier molecular flexibility index (Phi) is 7.55. The largest absolute Gasteiger partial charge is 0.456 e. The minimum absolute atomic E-state index is 0.0899. The van der Waals surface area contributed by atoms with Crippen molar-refractivity contribution in [3.63, 3.8) is 0 Å². The second-order valence-electron chi connectivity index (χ2n) is 15.7. The molecule has 0 atom stereocenters. The van der Waals surface area contributed by atoms with Crippen LogP contribution in [0.25, 0.3) is 77.2 Å². The number of hydrogen-bond donors (Lipinski definition) is 0. The Balaban J connectivity index is 1.00. The summed E-state index contributed by atoms with van der Waals surface area (Å²) in [6.45, 7) is 4.72. The topological polar surface area (TPSA) is 16.4 Å². The summed E-state index contributed by atoms with van der Waals surface area (Å²) in [6, 6.07) is 72.7. The predicted molar refractivity (Wildman–Crippen MR) is 240 cm³/mol. The Hall–Kier alpha value is -7.16. The summed E-state index contributed by atoms with van der Waals surface area (Å²) < 4.78 is 6.13. The van der Waals surface area contributed by atoms with E-state index in [2.05, 4.69) is 207 Å². The minimum Gasteiger partial charge on any atom is -0.456 e. The highest BCUT2D eigenvalue weighted by Gasteiger charge is 2.37. The van der Waals surface area contributed by atoms with Crippen LogP contribution in [0.4, 0.5) is 17.1 Å². The molecule has 9 aromatic carbocycles. The van der Waals surface area contributed by atoms with Gasteiger partial charge in [-0.05, 0) is 127 Å². The van der Waals surface area contributed by atoms with Crippen LogP contribution >= 0.6 is 0 Å². The summed E-state index contributed by atoms with van der Waals surface area (Å²) in [5.74, 6) is 0. The number of fused-ring (bicyclic) bond motifs is 7. The Morgan fingerprint density at radius 2 is 0.965 bits per heavy atom. The van der Waals surface area contributed by atoms with Crippen molar-refractivity contribution in [2.75, 3.05) is 4.90 Å². The zero-order chi connectivity index (χ0) is 38.1. The molecular formula is C55H39NO. The number of para-hydroxylation sites is 1. The van der Waals surface area contributed by atoms with Crippen molar-refractivity contribution in [2.45, 2.75) is 19.3 Å². The Bertz CT molecular complexity index is 3150. The highest BCUT2D eigenvalue weighted by Crippen LogP contribution is 2.52. The molecule has 0 bridgehead atoms. The number of furan rings is 1. The first-order valence-electron chi connectivity index (χ1n) is 19.7. The Morgan fingerprint density at radius 3 is 1.81 bits per heavy atom. The third kappa shape index (κ3) is 5.48. The SMILES string of the molecule is CC1(C)c2ccccc2-c2cccc(-c3ccc(N(c4ccc(-c5ccc6oc7ccccc7c6c5)cc4)c4cccc(-c5ccc6ccccc6c5)c4)cc3)c21. The molecule has 1 aromatic heterocycles. The van der Waals surface area contributed by atoms with E-state index in [0.717, 1.165) is 50.1 Å². The summed E-state index contributed by atoms with van der Waals surface area (Å²) in [6.07, 6.45) is 0. The third-order valence-corrected chi connectivity index (χ3v) is 12.0. The first-order chi connectivity index (χ1) is 28.0. The second-order valence-corrected chi connectivity index (χ2v) is 15.7. The maximum atomic E-state index is 6.13. The summed E-state index contributed by atoms with van der Waals surface area (Å²) in [5.41, 5.74) is 17.7. The van der Waals surface area contributed by atoms with Crippen LogP contribution in [0, 0.1) is 0 Å². The van der Waals surface area contributed by atoms with Crippen LogP contribution < -0.4 is 4.90 Å². The maximum Gasteiger partial charge on any atom is 0.135 e. The van der Waals surface area contributed by atoms with Gasteiger partial charge in [-0.3, -0.25) is 0 Å². The summed E-state index contributed by atoms with van der Waals surface area (Å²) in [7, 11) is 0. The molecular weight excluding hydrogens is 691 g/mol. The Morgan fingerprint density at radius 1 is 0.368 bits per heavy atom. The van der Waals surface area contributed by atoms with E-state index in [1.807, 2.05) is 12.1 Å². The molecule has 1 heterocycles. The molecule has 0 radical (unpaired) electrons. The predicted octanol–water partition coefficient (Wildman–Crippen LogP) is 15.5. The first kappa shape index (κ1) is 33.2. The molecule has 1 aliphatic rings. The van der Waals surface area contributed by atoms with E-state index in [9.17, 15) is 0 Å². The molecule has 0 fully saturated rings. The van der Waals surface area contributed by atoms with E-state index in [-0.39, 0.29) is 5.41 Å². The van der Waals surface area contributed by atoms with E-state index >= 15 is 0 Å². The average molecular weight is 730 g/mol. The zero-order valence-corrected chi connectivity index (χ0v) is 31.9. The third-order valence-electron chi connectivity index (χ3n) is 12.0. The standard InChI is InChI=1S/C55H39NO/c1-55(2)51-19-7-5-15-47(51)49-18-10-17-46(54(49)55)38-25-30-44(31-26-38)56(45-14-9-13-40(34-45)41-22-21-36-11-3-4-12-39(36)33-41)43-28-23-37(24-29-43)42-27-32-53-50(35-42)48-16-6-8-20-52(48)57-53/h3-35H,1-2H3. The van der Waals surface area contributed by atoms with Crippen molar-refractivity contribution in [2.24, 2.45) is 0 Å². The number of benzene rings is 9. The van der Waals surface area contributed by atoms with Crippen molar-refractivity contribution >= 4 is 49.8 Å². The van der Waals surface area contributed by atoms with Gasteiger partial charge in [0.05, 0.1) is 0 Å². The molecule has 1 aliphatic carbocycles. The first-order valence-corrected chi connectivity index (χ1v) is 19.7. The van der Waals surface area contributed by atoms with Crippen molar-refractivity contribution in [3.8, 4) is 44.5 Å². The van der Waals surface area contributed by atoms with E-state index < -0.39 is 0 Å². The molecule has 2 nitrogen and oxygen atoms in total. The molecule has 270 valence electrons. The van der Waals surface area contributed by atoms with Gasteiger partial charge in [-0.1, -0.05) is 153 Å². The highest BCUT2D eigenvalue weighted by atomic mass is 16.3. The van der Waals surface area contributed by atoms with Crippen LogP contribution in [0.5, 0.6) is 0 Å². The fraction of sp³-hybridized carbons (Fsp3) is 0.0545.